The van der Waals surface area contributed by atoms with Gasteiger partial charge in [0.25, 0.3) is 0 Å². The Balaban J connectivity index is 1.70. The van der Waals surface area contributed by atoms with E-state index in [0.717, 1.165) is 22.3 Å². The first-order valence-corrected chi connectivity index (χ1v) is 8.26. The van der Waals surface area contributed by atoms with Crippen LogP contribution in [0.4, 0.5) is 0 Å². The van der Waals surface area contributed by atoms with Gasteiger partial charge in [-0.25, -0.2) is 0 Å². The van der Waals surface area contributed by atoms with Crippen LogP contribution in [0.5, 0.6) is 0 Å². The van der Waals surface area contributed by atoms with Crippen molar-refractivity contribution in [2.45, 2.75) is 57.7 Å². The Kier molecular flexibility index (Phi) is 4.54. The summed E-state index contributed by atoms with van der Waals surface area (Å²) in [5.41, 5.74) is -0.390. The van der Waals surface area contributed by atoms with Crippen LogP contribution in [0.25, 0.3) is 0 Å². The first-order valence-electron chi connectivity index (χ1n) is 7.05. The summed E-state index contributed by atoms with van der Waals surface area (Å²) in [6.45, 7) is 8.44. The summed E-state index contributed by atoms with van der Waals surface area (Å²) in [5, 5.41) is 1.44. The highest BCUT2D eigenvalue weighted by molar-refractivity contribution is 6.53. The Hall–Kier alpha value is -0.578. The lowest BCUT2D eigenvalue weighted by Gasteiger charge is -2.32. The van der Waals surface area contributed by atoms with E-state index in [1.807, 2.05) is 0 Å². The Morgan fingerprint density at radius 1 is 1.00 bits per heavy atom. The SMILES string of the molecule is CC1(C)OB(CCC[Si]c2ccccc2)OC1(C)C. The minimum absolute atomic E-state index is 0.0365. The summed E-state index contributed by atoms with van der Waals surface area (Å²) >= 11 is 0. The molecule has 0 N–H and O–H groups in total. The van der Waals surface area contributed by atoms with Crippen LogP contribution >= 0.6 is 0 Å². The van der Waals surface area contributed by atoms with Crippen molar-refractivity contribution in [2.75, 3.05) is 0 Å². The average Bonchev–Trinajstić information content (AvgIpc) is 2.55. The molecule has 0 aliphatic carbocycles. The fourth-order valence-corrected chi connectivity index (χ4v) is 3.24. The molecule has 1 fully saturated rings. The maximum absolute atomic E-state index is 6.00. The van der Waals surface area contributed by atoms with Crippen LogP contribution in [-0.4, -0.2) is 27.8 Å². The smallest absolute Gasteiger partial charge is 0.403 e. The van der Waals surface area contributed by atoms with Crippen molar-refractivity contribution in [2.24, 2.45) is 0 Å². The molecule has 102 valence electrons. The molecule has 2 nitrogen and oxygen atoms in total. The van der Waals surface area contributed by atoms with E-state index in [4.69, 9.17) is 9.31 Å². The maximum Gasteiger partial charge on any atom is 0.457 e. The van der Waals surface area contributed by atoms with Crippen LogP contribution in [-0.2, 0) is 9.31 Å². The zero-order chi connectivity index (χ0) is 13.9. The highest BCUT2D eigenvalue weighted by atomic mass is 28.2. The fraction of sp³-hybridized carbons (Fsp3) is 0.600. The third kappa shape index (κ3) is 3.71. The molecule has 1 aromatic carbocycles. The number of rotatable bonds is 5. The lowest BCUT2D eigenvalue weighted by Crippen LogP contribution is -2.41. The summed E-state index contributed by atoms with van der Waals surface area (Å²) < 4.78 is 12.0. The standard InChI is InChI=1S/C15H23BO2Si/c1-14(2)15(3,4)18-16(17-14)11-8-12-19-13-9-6-5-7-10-13/h5-7,9-10H,8,11-12H2,1-4H3. The fourth-order valence-electron chi connectivity index (χ4n) is 2.14. The van der Waals surface area contributed by atoms with Crippen molar-refractivity contribution in [3.8, 4) is 0 Å². The van der Waals surface area contributed by atoms with Crippen LogP contribution < -0.4 is 5.19 Å². The van der Waals surface area contributed by atoms with Gasteiger partial charge in [0.15, 0.2) is 0 Å². The van der Waals surface area contributed by atoms with Gasteiger partial charge in [-0.1, -0.05) is 48.0 Å². The van der Waals surface area contributed by atoms with Gasteiger partial charge in [0.1, 0.15) is 0 Å². The Labute approximate surface area is 119 Å². The second-order valence-electron chi connectivity index (χ2n) is 6.12. The Morgan fingerprint density at radius 3 is 2.16 bits per heavy atom. The van der Waals surface area contributed by atoms with Crippen molar-refractivity contribution in [1.82, 2.24) is 0 Å². The maximum atomic E-state index is 6.00. The zero-order valence-electron chi connectivity index (χ0n) is 12.4. The summed E-state index contributed by atoms with van der Waals surface area (Å²) in [6, 6.07) is 11.9. The highest BCUT2D eigenvalue weighted by Gasteiger charge is 2.50. The normalized spacial score (nSPS) is 20.7. The molecule has 0 bridgehead atoms. The molecule has 0 amide bonds. The van der Waals surface area contributed by atoms with Gasteiger partial charge in [-0.3, -0.25) is 0 Å². The topological polar surface area (TPSA) is 18.5 Å². The molecular formula is C15H23BO2Si. The molecule has 2 radical (unpaired) electrons. The minimum atomic E-state index is -0.195. The van der Waals surface area contributed by atoms with Crippen LogP contribution in [0.1, 0.15) is 34.1 Å². The van der Waals surface area contributed by atoms with E-state index in [1.54, 1.807) is 0 Å². The lowest BCUT2D eigenvalue weighted by atomic mass is 9.83. The zero-order valence-corrected chi connectivity index (χ0v) is 13.4. The minimum Gasteiger partial charge on any atom is -0.403 e. The van der Waals surface area contributed by atoms with Crippen molar-refractivity contribution in [3.05, 3.63) is 30.3 Å². The number of benzene rings is 1. The summed E-state index contributed by atoms with van der Waals surface area (Å²) in [5.74, 6) is 0. The predicted molar refractivity (Wildman–Crippen MR) is 82.1 cm³/mol. The van der Waals surface area contributed by atoms with Crippen molar-refractivity contribution >= 4 is 21.8 Å². The van der Waals surface area contributed by atoms with Gasteiger partial charge in [0, 0.05) is 0 Å². The van der Waals surface area contributed by atoms with Crippen molar-refractivity contribution < 1.29 is 9.31 Å². The molecule has 1 aromatic rings. The molecule has 1 aliphatic rings. The van der Waals surface area contributed by atoms with Gasteiger partial charge in [-0.15, -0.1) is 0 Å². The average molecular weight is 274 g/mol. The molecule has 0 spiro atoms. The Bertz CT molecular complexity index is 390. The van der Waals surface area contributed by atoms with Gasteiger partial charge in [-0.05, 0) is 34.0 Å². The van der Waals surface area contributed by atoms with E-state index < -0.39 is 0 Å². The molecule has 1 saturated heterocycles. The largest absolute Gasteiger partial charge is 0.457 e. The van der Waals surface area contributed by atoms with Crippen LogP contribution in [0.3, 0.4) is 0 Å². The molecule has 0 unspecified atom stereocenters. The van der Waals surface area contributed by atoms with Crippen LogP contribution in [0, 0.1) is 0 Å². The van der Waals surface area contributed by atoms with Crippen LogP contribution in [0.2, 0.25) is 12.4 Å². The highest BCUT2D eigenvalue weighted by Crippen LogP contribution is 2.37. The van der Waals surface area contributed by atoms with Crippen molar-refractivity contribution in [3.63, 3.8) is 0 Å². The van der Waals surface area contributed by atoms with E-state index in [9.17, 15) is 0 Å². The van der Waals surface area contributed by atoms with Gasteiger partial charge in [0.05, 0.1) is 20.7 Å². The van der Waals surface area contributed by atoms with E-state index in [1.165, 1.54) is 11.2 Å². The van der Waals surface area contributed by atoms with Gasteiger partial charge in [0.2, 0.25) is 0 Å². The van der Waals surface area contributed by atoms with E-state index >= 15 is 0 Å². The summed E-state index contributed by atoms with van der Waals surface area (Å²) in [6.07, 6.45) is 2.15. The summed E-state index contributed by atoms with van der Waals surface area (Å²) in [4.78, 5) is 0. The molecule has 0 saturated carbocycles. The van der Waals surface area contributed by atoms with Gasteiger partial charge >= 0.3 is 7.12 Å². The molecule has 1 aliphatic heterocycles. The third-order valence-corrected chi connectivity index (χ3v) is 5.37. The molecule has 0 atom stereocenters. The first-order chi connectivity index (χ1) is 8.91. The molecule has 0 aromatic heterocycles. The third-order valence-electron chi connectivity index (χ3n) is 4.02. The van der Waals surface area contributed by atoms with E-state index in [2.05, 4.69) is 58.0 Å². The lowest BCUT2D eigenvalue weighted by molar-refractivity contribution is 0.00578. The molecule has 4 heteroatoms. The van der Waals surface area contributed by atoms with Crippen LogP contribution in [0.15, 0.2) is 30.3 Å². The first kappa shape index (κ1) is 14.8. The molecular weight excluding hydrogens is 251 g/mol. The predicted octanol–water partition coefficient (Wildman–Crippen LogP) is 2.92. The van der Waals surface area contributed by atoms with Crippen molar-refractivity contribution in [1.29, 1.82) is 0 Å². The summed E-state index contributed by atoms with van der Waals surface area (Å²) in [7, 11) is 0.852. The van der Waals surface area contributed by atoms with E-state index in [-0.39, 0.29) is 18.3 Å². The quantitative estimate of drug-likeness (QED) is 0.607. The molecule has 2 rings (SSSR count). The van der Waals surface area contributed by atoms with Gasteiger partial charge < -0.3 is 9.31 Å². The van der Waals surface area contributed by atoms with E-state index in [0.29, 0.717) is 0 Å². The number of hydrogen-bond donors (Lipinski definition) is 0. The number of hydrogen-bond acceptors (Lipinski definition) is 2. The second-order valence-corrected chi connectivity index (χ2v) is 7.55. The monoisotopic (exact) mass is 274 g/mol. The second kappa shape index (κ2) is 5.82. The molecule has 19 heavy (non-hydrogen) atoms. The Morgan fingerprint density at radius 2 is 1.58 bits per heavy atom. The van der Waals surface area contributed by atoms with Gasteiger partial charge in [-0.2, -0.15) is 0 Å². The molecule has 1 heterocycles.